The minimum Gasteiger partial charge on any atom is -0.321 e. The maximum Gasteiger partial charge on any atom is 0.0467 e. The number of nitrogens with two attached hydrogens (primary N) is 1. The van der Waals surface area contributed by atoms with Crippen LogP contribution in [-0.4, -0.2) is 0 Å². The molecular formula is C9H9BrClN. The van der Waals surface area contributed by atoms with Crippen LogP contribution in [0.15, 0.2) is 22.7 Å². The van der Waals surface area contributed by atoms with Crippen LogP contribution in [0.5, 0.6) is 0 Å². The molecule has 0 unspecified atom stereocenters. The lowest BCUT2D eigenvalue weighted by Gasteiger charge is -2.10. The van der Waals surface area contributed by atoms with Crippen molar-refractivity contribution in [3.8, 4) is 0 Å². The summed E-state index contributed by atoms with van der Waals surface area (Å²) in [6.45, 7) is 0. The van der Waals surface area contributed by atoms with E-state index in [1.165, 1.54) is 0 Å². The van der Waals surface area contributed by atoms with E-state index in [1.807, 2.05) is 18.2 Å². The van der Waals surface area contributed by atoms with Crippen molar-refractivity contribution in [3.05, 3.63) is 33.3 Å². The zero-order valence-corrected chi connectivity index (χ0v) is 8.82. The number of rotatable bonds is 1. The van der Waals surface area contributed by atoms with E-state index < -0.39 is 0 Å². The van der Waals surface area contributed by atoms with Gasteiger partial charge in [0.15, 0.2) is 0 Å². The van der Waals surface area contributed by atoms with Crippen LogP contribution in [0, 0.1) is 0 Å². The zero-order valence-electron chi connectivity index (χ0n) is 6.48. The van der Waals surface area contributed by atoms with Gasteiger partial charge in [0, 0.05) is 15.0 Å². The smallest absolute Gasteiger partial charge is 0.0467 e. The fraction of sp³-hybridized carbons (Fsp3) is 0.333. The summed E-state index contributed by atoms with van der Waals surface area (Å²) in [6.07, 6.45) is 2.10. The van der Waals surface area contributed by atoms with Gasteiger partial charge in [-0.3, -0.25) is 0 Å². The maximum atomic E-state index is 6.04. The molecule has 1 aromatic rings. The molecule has 1 fully saturated rings. The zero-order chi connectivity index (χ0) is 8.77. The molecule has 64 valence electrons. The summed E-state index contributed by atoms with van der Waals surface area (Å²) < 4.78 is 1.00. The monoisotopic (exact) mass is 245 g/mol. The molecule has 1 saturated carbocycles. The molecule has 0 atom stereocenters. The predicted octanol–water partition coefficient (Wildman–Crippen LogP) is 3.05. The lowest BCUT2D eigenvalue weighted by Crippen LogP contribution is -2.18. The molecule has 1 nitrogen and oxygen atoms in total. The minimum absolute atomic E-state index is 0.127. The highest BCUT2D eigenvalue weighted by Crippen LogP contribution is 2.45. The highest BCUT2D eigenvalue weighted by Gasteiger charge is 2.41. The van der Waals surface area contributed by atoms with Gasteiger partial charge >= 0.3 is 0 Å². The average Bonchev–Trinajstić information content (AvgIpc) is 2.68. The molecule has 1 aromatic carbocycles. The molecule has 12 heavy (non-hydrogen) atoms. The fourth-order valence-electron chi connectivity index (χ4n) is 1.30. The Morgan fingerprint density at radius 1 is 1.42 bits per heavy atom. The van der Waals surface area contributed by atoms with E-state index in [4.69, 9.17) is 17.3 Å². The maximum absolute atomic E-state index is 6.04. The molecule has 1 aliphatic rings. The number of benzene rings is 1. The second kappa shape index (κ2) is 2.72. The van der Waals surface area contributed by atoms with E-state index in [2.05, 4.69) is 15.9 Å². The van der Waals surface area contributed by atoms with E-state index in [0.717, 1.165) is 27.9 Å². The van der Waals surface area contributed by atoms with Gasteiger partial charge in [-0.05, 0) is 30.5 Å². The summed E-state index contributed by atoms with van der Waals surface area (Å²) >= 11 is 9.40. The minimum atomic E-state index is -0.127. The predicted molar refractivity (Wildman–Crippen MR) is 54.3 cm³/mol. The molecule has 0 heterocycles. The first-order valence-electron chi connectivity index (χ1n) is 3.86. The number of hydrogen-bond acceptors (Lipinski definition) is 1. The van der Waals surface area contributed by atoms with Crippen LogP contribution in [-0.2, 0) is 5.54 Å². The van der Waals surface area contributed by atoms with Crippen molar-refractivity contribution >= 4 is 27.5 Å². The highest BCUT2D eigenvalue weighted by molar-refractivity contribution is 9.10. The Balaban J connectivity index is 2.45. The van der Waals surface area contributed by atoms with E-state index in [0.29, 0.717) is 0 Å². The van der Waals surface area contributed by atoms with E-state index >= 15 is 0 Å². The van der Waals surface area contributed by atoms with Crippen molar-refractivity contribution < 1.29 is 0 Å². The molecule has 3 heteroatoms. The van der Waals surface area contributed by atoms with E-state index in [-0.39, 0.29) is 5.54 Å². The van der Waals surface area contributed by atoms with Gasteiger partial charge in [-0.2, -0.15) is 0 Å². The van der Waals surface area contributed by atoms with Crippen LogP contribution in [0.1, 0.15) is 18.4 Å². The van der Waals surface area contributed by atoms with E-state index in [1.54, 1.807) is 0 Å². The molecule has 1 aliphatic carbocycles. The summed E-state index contributed by atoms with van der Waals surface area (Å²) in [4.78, 5) is 0. The molecule has 0 spiro atoms. The first-order valence-corrected chi connectivity index (χ1v) is 5.03. The van der Waals surface area contributed by atoms with Crippen molar-refractivity contribution in [1.82, 2.24) is 0 Å². The summed E-state index contributed by atoms with van der Waals surface area (Å²) in [5, 5.41) is 0.768. The van der Waals surface area contributed by atoms with Crippen molar-refractivity contribution in [2.24, 2.45) is 5.73 Å². The average molecular weight is 247 g/mol. The van der Waals surface area contributed by atoms with Gasteiger partial charge in [-0.15, -0.1) is 0 Å². The number of halogens is 2. The summed E-state index contributed by atoms with van der Waals surface area (Å²) in [5.74, 6) is 0. The quantitative estimate of drug-likeness (QED) is 0.810. The molecular weight excluding hydrogens is 237 g/mol. The van der Waals surface area contributed by atoms with Gasteiger partial charge in [-0.1, -0.05) is 33.6 Å². The molecule has 0 aliphatic heterocycles. The Labute approximate surface area is 85.0 Å². The Kier molecular flexibility index (Phi) is 1.94. The summed E-state index contributed by atoms with van der Waals surface area (Å²) in [5.41, 5.74) is 6.97. The Bertz CT molecular complexity index is 320. The Morgan fingerprint density at radius 3 is 2.58 bits per heavy atom. The van der Waals surface area contributed by atoms with Crippen LogP contribution < -0.4 is 5.73 Å². The van der Waals surface area contributed by atoms with Crippen molar-refractivity contribution in [1.29, 1.82) is 0 Å². The van der Waals surface area contributed by atoms with Crippen LogP contribution in [0.3, 0.4) is 0 Å². The lowest BCUT2D eigenvalue weighted by atomic mass is 10.1. The molecule has 0 aromatic heterocycles. The molecule has 0 bridgehead atoms. The second-order valence-corrected chi connectivity index (χ2v) is 4.60. The summed E-state index contributed by atoms with van der Waals surface area (Å²) in [6, 6.07) is 5.87. The topological polar surface area (TPSA) is 26.0 Å². The van der Waals surface area contributed by atoms with Crippen LogP contribution >= 0.6 is 27.5 Å². The SMILES string of the molecule is NC1(c2ccc(Br)cc2Cl)CC1. The van der Waals surface area contributed by atoms with Gasteiger partial charge in [0.05, 0.1) is 0 Å². The van der Waals surface area contributed by atoms with Gasteiger partial charge in [-0.25, -0.2) is 0 Å². The van der Waals surface area contributed by atoms with Gasteiger partial charge in [0.1, 0.15) is 0 Å². The van der Waals surface area contributed by atoms with Gasteiger partial charge in [0.2, 0.25) is 0 Å². The molecule has 0 radical (unpaired) electrons. The Morgan fingerprint density at radius 2 is 2.08 bits per heavy atom. The molecule has 2 rings (SSSR count). The fourth-order valence-corrected chi connectivity index (χ4v) is 2.16. The third kappa shape index (κ3) is 1.39. The first kappa shape index (κ1) is 8.54. The second-order valence-electron chi connectivity index (χ2n) is 3.28. The first-order chi connectivity index (χ1) is 5.62. The normalized spacial score (nSPS) is 19.2. The van der Waals surface area contributed by atoms with Gasteiger partial charge < -0.3 is 5.73 Å². The highest BCUT2D eigenvalue weighted by atomic mass is 79.9. The Hall–Kier alpha value is -0.0500. The van der Waals surface area contributed by atoms with Crippen LogP contribution in [0.25, 0.3) is 0 Å². The summed E-state index contributed by atoms with van der Waals surface area (Å²) in [7, 11) is 0. The van der Waals surface area contributed by atoms with Crippen molar-refractivity contribution in [3.63, 3.8) is 0 Å². The largest absolute Gasteiger partial charge is 0.321 e. The van der Waals surface area contributed by atoms with Gasteiger partial charge in [0.25, 0.3) is 0 Å². The molecule has 0 amide bonds. The standard InChI is InChI=1S/C9H9BrClN/c10-6-1-2-7(8(11)5-6)9(12)3-4-9/h1-2,5H,3-4,12H2. The van der Waals surface area contributed by atoms with Crippen LogP contribution in [0.2, 0.25) is 5.02 Å². The molecule has 0 saturated heterocycles. The third-order valence-electron chi connectivity index (χ3n) is 2.26. The van der Waals surface area contributed by atoms with Crippen LogP contribution in [0.4, 0.5) is 0 Å². The third-order valence-corrected chi connectivity index (χ3v) is 3.06. The van der Waals surface area contributed by atoms with Crippen molar-refractivity contribution in [2.45, 2.75) is 18.4 Å². The molecule has 2 N–H and O–H groups in total. The van der Waals surface area contributed by atoms with E-state index in [9.17, 15) is 0 Å². The lowest BCUT2D eigenvalue weighted by molar-refractivity contribution is 0.740. The number of hydrogen-bond donors (Lipinski definition) is 1. The van der Waals surface area contributed by atoms with Crippen molar-refractivity contribution in [2.75, 3.05) is 0 Å².